The van der Waals surface area contributed by atoms with E-state index in [1.165, 1.54) is 0 Å². The number of benzene rings is 2. The van der Waals surface area contributed by atoms with Crippen molar-refractivity contribution in [2.45, 2.75) is 12.6 Å². The number of aliphatic hydroxyl groups is 1. The Labute approximate surface area is 136 Å². The lowest BCUT2D eigenvalue weighted by Gasteiger charge is -2.13. The first-order valence-electron chi connectivity index (χ1n) is 6.46. The predicted octanol–water partition coefficient (Wildman–Crippen LogP) is 3.59. The first-order chi connectivity index (χ1) is 9.69. The topological polar surface area (TPSA) is 41.5 Å². The van der Waals surface area contributed by atoms with E-state index >= 15 is 0 Å². The van der Waals surface area contributed by atoms with E-state index in [4.69, 9.17) is 16.3 Å². The summed E-state index contributed by atoms with van der Waals surface area (Å²) in [4.78, 5) is 0. The summed E-state index contributed by atoms with van der Waals surface area (Å²) in [5.74, 6) is 0.833. The van der Waals surface area contributed by atoms with Gasteiger partial charge in [-0.2, -0.15) is 0 Å². The van der Waals surface area contributed by atoms with Crippen LogP contribution in [0.2, 0.25) is 5.02 Å². The average molecular weight is 328 g/mol. The van der Waals surface area contributed by atoms with Crippen LogP contribution in [0.1, 0.15) is 17.2 Å². The minimum absolute atomic E-state index is 0. The number of aliphatic hydroxyl groups excluding tert-OH is 1. The molecule has 0 amide bonds. The Bertz CT molecular complexity index is 563. The highest BCUT2D eigenvalue weighted by Gasteiger charge is 2.07. The van der Waals surface area contributed by atoms with Crippen molar-refractivity contribution in [1.29, 1.82) is 0 Å². The minimum atomic E-state index is -0.570. The number of ether oxygens (including phenoxy) is 1. The van der Waals surface area contributed by atoms with Crippen molar-refractivity contribution >= 4 is 24.0 Å². The van der Waals surface area contributed by atoms with Crippen LogP contribution in [0.25, 0.3) is 0 Å². The van der Waals surface area contributed by atoms with Crippen molar-refractivity contribution in [3.63, 3.8) is 0 Å². The summed E-state index contributed by atoms with van der Waals surface area (Å²) in [6.07, 6.45) is -0.570. The van der Waals surface area contributed by atoms with Crippen LogP contribution < -0.4 is 10.1 Å². The summed E-state index contributed by atoms with van der Waals surface area (Å²) in [6, 6.07) is 15.1. The molecule has 21 heavy (non-hydrogen) atoms. The molecule has 0 aliphatic heterocycles. The second-order valence-electron chi connectivity index (χ2n) is 4.55. The van der Waals surface area contributed by atoms with E-state index in [1.807, 2.05) is 36.4 Å². The Morgan fingerprint density at radius 2 is 1.95 bits per heavy atom. The van der Waals surface area contributed by atoms with E-state index in [1.54, 1.807) is 19.2 Å². The van der Waals surface area contributed by atoms with Crippen molar-refractivity contribution < 1.29 is 9.84 Å². The highest BCUT2D eigenvalue weighted by molar-refractivity contribution is 6.30. The van der Waals surface area contributed by atoms with Crippen molar-refractivity contribution in [2.24, 2.45) is 0 Å². The Hall–Kier alpha value is -1.26. The maximum absolute atomic E-state index is 10.1. The molecule has 2 rings (SSSR count). The summed E-state index contributed by atoms with van der Waals surface area (Å²) in [7, 11) is 1.65. The van der Waals surface area contributed by atoms with Crippen LogP contribution in [0.3, 0.4) is 0 Å². The van der Waals surface area contributed by atoms with Crippen LogP contribution in [-0.4, -0.2) is 18.8 Å². The van der Waals surface area contributed by atoms with Gasteiger partial charge in [-0.05, 0) is 35.4 Å². The smallest absolute Gasteiger partial charge is 0.119 e. The molecule has 0 heterocycles. The third-order valence-corrected chi connectivity index (χ3v) is 3.27. The molecule has 114 valence electrons. The van der Waals surface area contributed by atoms with E-state index in [0.29, 0.717) is 18.1 Å². The number of nitrogens with one attached hydrogen (secondary N) is 1. The third kappa shape index (κ3) is 5.56. The van der Waals surface area contributed by atoms with Crippen molar-refractivity contribution in [3.05, 3.63) is 64.7 Å². The van der Waals surface area contributed by atoms with Gasteiger partial charge < -0.3 is 15.2 Å². The van der Waals surface area contributed by atoms with Gasteiger partial charge in [0.05, 0.1) is 13.2 Å². The maximum Gasteiger partial charge on any atom is 0.119 e. The fourth-order valence-corrected chi connectivity index (χ4v) is 2.17. The van der Waals surface area contributed by atoms with Gasteiger partial charge in [-0.25, -0.2) is 0 Å². The van der Waals surface area contributed by atoms with Gasteiger partial charge in [0, 0.05) is 18.1 Å². The summed E-state index contributed by atoms with van der Waals surface area (Å²) >= 11 is 5.91. The van der Waals surface area contributed by atoms with Gasteiger partial charge >= 0.3 is 0 Å². The Morgan fingerprint density at radius 3 is 2.67 bits per heavy atom. The third-order valence-electron chi connectivity index (χ3n) is 3.03. The molecule has 0 radical (unpaired) electrons. The second kappa shape index (κ2) is 8.90. The predicted molar refractivity (Wildman–Crippen MR) is 88.4 cm³/mol. The van der Waals surface area contributed by atoms with Crippen LogP contribution in [0, 0.1) is 0 Å². The fraction of sp³-hybridized carbons (Fsp3) is 0.250. The second-order valence-corrected chi connectivity index (χ2v) is 4.99. The molecule has 1 unspecified atom stereocenters. The molecule has 0 aromatic heterocycles. The van der Waals surface area contributed by atoms with Gasteiger partial charge in [-0.15, -0.1) is 12.4 Å². The van der Waals surface area contributed by atoms with Crippen molar-refractivity contribution in [2.75, 3.05) is 13.7 Å². The lowest BCUT2D eigenvalue weighted by atomic mass is 10.1. The minimum Gasteiger partial charge on any atom is -0.497 e. The van der Waals surface area contributed by atoms with Crippen LogP contribution >= 0.6 is 24.0 Å². The molecule has 0 saturated heterocycles. The molecule has 2 aromatic rings. The molecule has 0 aliphatic carbocycles. The Kier molecular flexibility index (Phi) is 7.54. The SMILES string of the molecule is COc1cccc(CNCC(O)c2cccc(Cl)c2)c1.Cl. The number of methoxy groups -OCH3 is 1. The molecule has 2 aromatic carbocycles. The summed E-state index contributed by atoms with van der Waals surface area (Å²) in [5.41, 5.74) is 1.93. The van der Waals surface area contributed by atoms with E-state index < -0.39 is 6.10 Å². The molecule has 0 aliphatic rings. The van der Waals surface area contributed by atoms with E-state index in [0.717, 1.165) is 16.9 Å². The first kappa shape index (κ1) is 17.8. The molecule has 2 N–H and O–H groups in total. The quantitative estimate of drug-likeness (QED) is 0.851. The standard InChI is InChI=1S/C16H18ClNO2.ClH/c1-20-15-7-2-4-12(8-15)10-18-11-16(19)13-5-3-6-14(17)9-13;/h2-9,16,18-19H,10-11H2,1H3;1H. The largest absolute Gasteiger partial charge is 0.497 e. The lowest BCUT2D eigenvalue weighted by Crippen LogP contribution is -2.21. The highest BCUT2D eigenvalue weighted by Crippen LogP contribution is 2.17. The molecule has 0 saturated carbocycles. The number of rotatable bonds is 6. The monoisotopic (exact) mass is 327 g/mol. The number of hydrogen-bond donors (Lipinski definition) is 2. The van der Waals surface area contributed by atoms with E-state index in [-0.39, 0.29) is 12.4 Å². The molecule has 5 heteroatoms. The molecule has 0 spiro atoms. The normalized spacial score (nSPS) is 11.6. The van der Waals surface area contributed by atoms with Crippen molar-refractivity contribution in [1.82, 2.24) is 5.32 Å². The number of halogens is 2. The Balaban J connectivity index is 0.00000220. The fourth-order valence-electron chi connectivity index (χ4n) is 1.97. The molecular formula is C16H19Cl2NO2. The van der Waals surface area contributed by atoms with Gasteiger partial charge in [-0.1, -0.05) is 35.9 Å². The van der Waals surface area contributed by atoms with Gasteiger partial charge in [0.2, 0.25) is 0 Å². The molecular weight excluding hydrogens is 309 g/mol. The van der Waals surface area contributed by atoms with E-state index in [9.17, 15) is 5.11 Å². The van der Waals surface area contributed by atoms with Crippen LogP contribution in [0.4, 0.5) is 0 Å². The van der Waals surface area contributed by atoms with Crippen LogP contribution in [0.15, 0.2) is 48.5 Å². The van der Waals surface area contributed by atoms with Gasteiger partial charge in [-0.3, -0.25) is 0 Å². The zero-order chi connectivity index (χ0) is 14.4. The molecule has 1 atom stereocenters. The van der Waals surface area contributed by atoms with Gasteiger partial charge in [0.1, 0.15) is 5.75 Å². The van der Waals surface area contributed by atoms with Crippen LogP contribution in [-0.2, 0) is 6.54 Å². The molecule has 0 bridgehead atoms. The van der Waals surface area contributed by atoms with Gasteiger partial charge in [0.25, 0.3) is 0 Å². The summed E-state index contributed by atoms with van der Waals surface area (Å²) in [5, 5.41) is 13.9. The van der Waals surface area contributed by atoms with Crippen molar-refractivity contribution in [3.8, 4) is 5.75 Å². The zero-order valence-corrected chi connectivity index (χ0v) is 13.3. The van der Waals surface area contributed by atoms with E-state index in [2.05, 4.69) is 5.32 Å². The summed E-state index contributed by atoms with van der Waals surface area (Å²) < 4.78 is 5.17. The zero-order valence-electron chi connectivity index (χ0n) is 11.8. The average Bonchev–Trinajstić information content (AvgIpc) is 2.47. The molecule has 3 nitrogen and oxygen atoms in total. The Morgan fingerprint density at radius 1 is 1.19 bits per heavy atom. The number of hydrogen-bond acceptors (Lipinski definition) is 3. The van der Waals surface area contributed by atoms with Gasteiger partial charge in [0.15, 0.2) is 0 Å². The van der Waals surface area contributed by atoms with Crippen LogP contribution in [0.5, 0.6) is 5.75 Å². The first-order valence-corrected chi connectivity index (χ1v) is 6.84. The maximum atomic E-state index is 10.1. The highest BCUT2D eigenvalue weighted by atomic mass is 35.5. The molecule has 0 fully saturated rings. The lowest BCUT2D eigenvalue weighted by molar-refractivity contribution is 0.174. The summed E-state index contributed by atoms with van der Waals surface area (Å²) in [6.45, 7) is 1.15.